The summed E-state index contributed by atoms with van der Waals surface area (Å²) < 4.78 is 5.47. The van der Waals surface area contributed by atoms with Crippen molar-refractivity contribution in [2.45, 2.75) is 32.1 Å². The van der Waals surface area contributed by atoms with Crippen molar-refractivity contribution in [1.29, 1.82) is 0 Å². The van der Waals surface area contributed by atoms with Gasteiger partial charge in [0, 0.05) is 19.1 Å². The number of rotatable bonds is 4. The number of nitrogens with two attached hydrogens (primary N) is 1. The van der Waals surface area contributed by atoms with E-state index < -0.39 is 0 Å². The Labute approximate surface area is 98.5 Å². The molecule has 2 aliphatic carbocycles. The summed E-state index contributed by atoms with van der Waals surface area (Å²) in [7, 11) is 1.80. The van der Waals surface area contributed by atoms with Gasteiger partial charge in [0.1, 0.15) is 0 Å². The molecule has 1 saturated carbocycles. The standard InChI is InChI=1S/C14H23NO/c1-16-11-14(9-5-8-13(14)10-15)12-6-3-2-4-7-12/h5,8-9,12H,2-4,6-7,10-11,15H2,1H3. The van der Waals surface area contributed by atoms with Crippen LogP contribution in [0.1, 0.15) is 32.1 Å². The third-order valence-corrected chi connectivity index (χ3v) is 4.23. The number of allylic oxidation sites excluding steroid dienone is 2. The monoisotopic (exact) mass is 221 g/mol. The van der Waals surface area contributed by atoms with Gasteiger partial charge >= 0.3 is 0 Å². The maximum absolute atomic E-state index is 5.88. The molecule has 0 bridgehead atoms. The highest BCUT2D eigenvalue weighted by molar-refractivity contribution is 5.36. The van der Waals surface area contributed by atoms with Gasteiger partial charge in [0.2, 0.25) is 0 Å². The fourth-order valence-corrected chi connectivity index (χ4v) is 3.37. The van der Waals surface area contributed by atoms with E-state index >= 15 is 0 Å². The summed E-state index contributed by atoms with van der Waals surface area (Å²) in [6, 6.07) is 0. The Balaban J connectivity index is 2.20. The minimum absolute atomic E-state index is 0.115. The fourth-order valence-electron chi connectivity index (χ4n) is 3.37. The van der Waals surface area contributed by atoms with Gasteiger partial charge in [-0.1, -0.05) is 37.5 Å². The first-order chi connectivity index (χ1) is 7.83. The van der Waals surface area contributed by atoms with Gasteiger partial charge in [-0.2, -0.15) is 0 Å². The molecular weight excluding hydrogens is 198 g/mol. The Morgan fingerprint density at radius 1 is 1.38 bits per heavy atom. The molecule has 2 aliphatic rings. The molecule has 0 aliphatic heterocycles. The molecule has 0 heterocycles. The van der Waals surface area contributed by atoms with Crippen molar-refractivity contribution in [3.63, 3.8) is 0 Å². The zero-order chi connectivity index (χ0) is 11.4. The lowest BCUT2D eigenvalue weighted by Crippen LogP contribution is -2.37. The van der Waals surface area contributed by atoms with Gasteiger partial charge in [-0.25, -0.2) is 0 Å². The van der Waals surface area contributed by atoms with Crippen LogP contribution in [0.5, 0.6) is 0 Å². The van der Waals surface area contributed by atoms with Crippen LogP contribution in [-0.4, -0.2) is 20.3 Å². The predicted molar refractivity (Wildman–Crippen MR) is 67.2 cm³/mol. The van der Waals surface area contributed by atoms with E-state index in [-0.39, 0.29) is 5.41 Å². The zero-order valence-corrected chi connectivity index (χ0v) is 10.2. The van der Waals surface area contributed by atoms with E-state index in [1.807, 2.05) is 0 Å². The van der Waals surface area contributed by atoms with Crippen LogP contribution in [0.2, 0.25) is 0 Å². The van der Waals surface area contributed by atoms with E-state index in [2.05, 4.69) is 18.2 Å². The van der Waals surface area contributed by atoms with Gasteiger partial charge in [0.15, 0.2) is 0 Å². The Bertz CT molecular complexity index is 289. The van der Waals surface area contributed by atoms with Crippen LogP contribution < -0.4 is 5.73 Å². The highest BCUT2D eigenvalue weighted by atomic mass is 16.5. The molecule has 1 unspecified atom stereocenters. The van der Waals surface area contributed by atoms with Crippen molar-refractivity contribution in [2.75, 3.05) is 20.3 Å². The lowest BCUT2D eigenvalue weighted by Gasteiger charge is -2.40. The van der Waals surface area contributed by atoms with Gasteiger partial charge in [-0.05, 0) is 24.3 Å². The van der Waals surface area contributed by atoms with Crippen molar-refractivity contribution in [2.24, 2.45) is 17.1 Å². The van der Waals surface area contributed by atoms with Crippen LogP contribution in [0, 0.1) is 11.3 Å². The van der Waals surface area contributed by atoms with Crippen LogP contribution in [0.15, 0.2) is 23.8 Å². The van der Waals surface area contributed by atoms with Gasteiger partial charge in [0.25, 0.3) is 0 Å². The molecule has 2 heteroatoms. The molecule has 2 N–H and O–H groups in total. The van der Waals surface area contributed by atoms with Crippen LogP contribution in [0.25, 0.3) is 0 Å². The lowest BCUT2D eigenvalue weighted by molar-refractivity contribution is 0.0771. The summed E-state index contributed by atoms with van der Waals surface area (Å²) in [5.41, 5.74) is 7.36. The summed E-state index contributed by atoms with van der Waals surface area (Å²) in [4.78, 5) is 0. The fraction of sp³-hybridized carbons (Fsp3) is 0.714. The molecule has 1 atom stereocenters. The largest absolute Gasteiger partial charge is 0.383 e. The second kappa shape index (κ2) is 5.15. The Morgan fingerprint density at radius 2 is 2.12 bits per heavy atom. The smallest absolute Gasteiger partial charge is 0.0594 e. The molecule has 0 amide bonds. The van der Waals surface area contributed by atoms with E-state index in [1.165, 1.54) is 37.7 Å². The van der Waals surface area contributed by atoms with Crippen LogP contribution in [0.4, 0.5) is 0 Å². The second-order valence-electron chi connectivity index (χ2n) is 5.06. The average molecular weight is 221 g/mol. The number of hydrogen-bond acceptors (Lipinski definition) is 2. The van der Waals surface area contributed by atoms with Gasteiger partial charge in [-0.15, -0.1) is 0 Å². The highest BCUT2D eigenvalue weighted by Gasteiger charge is 2.41. The summed E-state index contributed by atoms with van der Waals surface area (Å²) in [6.45, 7) is 1.45. The van der Waals surface area contributed by atoms with Crippen molar-refractivity contribution in [1.82, 2.24) is 0 Å². The molecule has 2 nitrogen and oxygen atoms in total. The van der Waals surface area contributed by atoms with E-state index in [4.69, 9.17) is 10.5 Å². The molecule has 0 saturated heterocycles. The third kappa shape index (κ3) is 1.96. The van der Waals surface area contributed by atoms with Crippen LogP contribution in [-0.2, 0) is 4.74 Å². The van der Waals surface area contributed by atoms with Gasteiger partial charge in [0.05, 0.1) is 6.61 Å². The first-order valence-electron chi connectivity index (χ1n) is 6.41. The Hall–Kier alpha value is -0.600. The number of hydrogen-bond donors (Lipinski definition) is 1. The maximum Gasteiger partial charge on any atom is 0.0594 e. The summed E-state index contributed by atoms with van der Waals surface area (Å²) in [5, 5.41) is 0. The molecule has 0 aromatic rings. The average Bonchev–Trinajstić information content (AvgIpc) is 2.75. The van der Waals surface area contributed by atoms with E-state index in [1.54, 1.807) is 7.11 Å². The minimum atomic E-state index is 0.115. The number of methoxy groups -OCH3 is 1. The van der Waals surface area contributed by atoms with Crippen molar-refractivity contribution in [3.8, 4) is 0 Å². The molecule has 0 spiro atoms. The van der Waals surface area contributed by atoms with E-state index in [0.29, 0.717) is 6.54 Å². The van der Waals surface area contributed by atoms with Crippen molar-refractivity contribution in [3.05, 3.63) is 23.8 Å². The van der Waals surface area contributed by atoms with E-state index in [9.17, 15) is 0 Å². The third-order valence-electron chi connectivity index (χ3n) is 4.23. The Morgan fingerprint density at radius 3 is 2.75 bits per heavy atom. The topological polar surface area (TPSA) is 35.2 Å². The highest BCUT2D eigenvalue weighted by Crippen LogP contribution is 2.47. The van der Waals surface area contributed by atoms with Crippen molar-refractivity contribution < 1.29 is 4.74 Å². The van der Waals surface area contributed by atoms with Gasteiger partial charge < -0.3 is 10.5 Å². The lowest BCUT2D eigenvalue weighted by atomic mass is 9.66. The van der Waals surface area contributed by atoms with E-state index in [0.717, 1.165) is 12.5 Å². The first kappa shape index (κ1) is 11.9. The molecule has 90 valence electrons. The SMILES string of the molecule is COCC1(C2CCCCC2)C=CC=C1CN. The summed E-state index contributed by atoms with van der Waals surface area (Å²) in [5.74, 6) is 0.731. The molecule has 2 rings (SSSR count). The summed E-state index contributed by atoms with van der Waals surface area (Å²) in [6.07, 6.45) is 13.4. The minimum Gasteiger partial charge on any atom is -0.383 e. The maximum atomic E-state index is 5.88. The predicted octanol–water partition coefficient (Wildman–Crippen LogP) is 2.65. The molecule has 0 aromatic heterocycles. The summed E-state index contributed by atoms with van der Waals surface area (Å²) >= 11 is 0. The van der Waals surface area contributed by atoms with Crippen LogP contribution >= 0.6 is 0 Å². The zero-order valence-electron chi connectivity index (χ0n) is 10.2. The molecule has 1 fully saturated rings. The quantitative estimate of drug-likeness (QED) is 0.792. The van der Waals surface area contributed by atoms with Gasteiger partial charge in [-0.3, -0.25) is 0 Å². The Kier molecular flexibility index (Phi) is 3.82. The molecule has 0 aromatic carbocycles. The molecule has 0 radical (unpaired) electrons. The normalized spacial score (nSPS) is 30.8. The van der Waals surface area contributed by atoms with Crippen molar-refractivity contribution >= 4 is 0 Å². The first-order valence-corrected chi connectivity index (χ1v) is 6.41. The number of ether oxygens (including phenoxy) is 1. The van der Waals surface area contributed by atoms with Crippen LogP contribution in [0.3, 0.4) is 0 Å². The second-order valence-corrected chi connectivity index (χ2v) is 5.06. The molecular formula is C14H23NO. The molecule has 16 heavy (non-hydrogen) atoms.